The highest BCUT2D eigenvalue weighted by Gasteiger charge is 2.11. The van der Waals surface area contributed by atoms with E-state index in [1.807, 2.05) is 12.3 Å². The Labute approximate surface area is 151 Å². The van der Waals surface area contributed by atoms with E-state index in [1.54, 1.807) is 18.2 Å². The minimum Gasteiger partial charge on any atom is -0.459 e. The lowest BCUT2D eigenvalue weighted by atomic mass is 10.1. The third-order valence-electron chi connectivity index (χ3n) is 3.36. The number of esters is 1. The maximum absolute atomic E-state index is 12.1. The average molecular weight is 383 g/mol. The van der Waals surface area contributed by atoms with Gasteiger partial charge in [-0.05, 0) is 24.6 Å². The maximum atomic E-state index is 12.1. The normalized spacial score (nSPS) is 11.0. The molecule has 0 spiro atoms. The number of aromatic nitrogens is 2. The van der Waals surface area contributed by atoms with E-state index < -0.39 is 5.97 Å². The van der Waals surface area contributed by atoms with Crippen LogP contribution >= 0.6 is 34.5 Å². The average Bonchev–Trinajstić information content (AvgIpc) is 2.90. The molecule has 2 heterocycles. The number of hydrogen-bond acceptors (Lipinski definition) is 5. The molecule has 0 N–H and O–H groups in total. The molecule has 0 unspecified atom stereocenters. The number of benzene rings is 1. The Morgan fingerprint density at radius 2 is 2.12 bits per heavy atom. The van der Waals surface area contributed by atoms with E-state index >= 15 is 0 Å². The Kier molecular flexibility index (Phi) is 4.89. The number of hydrogen-bond donors (Lipinski definition) is 0. The first kappa shape index (κ1) is 17.0. The molecule has 0 aliphatic carbocycles. The molecule has 0 saturated carbocycles. The molecular weight excluding hydrogens is 371 g/mol. The first-order valence-electron chi connectivity index (χ1n) is 7.00. The van der Waals surface area contributed by atoms with Crippen molar-refractivity contribution in [1.29, 1.82) is 0 Å². The van der Waals surface area contributed by atoms with Crippen LogP contribution in [0.5, 0.6) is 0 Å². The predicted molar refractivity (Wildman–Crippen MR) is 94.0 cm³/mol. The summed E-state index contributed by atoms with van der Waals surface area (Å²) in [5.74, 6) is -0.455. The van der Waals surface area contributed by atoms with Gasteiger partial charge in [-0.2, -0.15) is 0 Å². The van der Waals surface area contributed by atoms with Crippen LogP contribution in [0.1, 0.15) is 17.0 Å². The summed E-state index contributed by atoms with van der Waals surface area (Å²) in [6.45, 7) is 1.77. The second-order valence-electron chi connectivity index (χ2n) is 5.15. The lowest BCUT2D eigenvalue weighted by Crippen LogP contribution is -2.16. The summed E-state index contributed by atoms with van der Waals surface area (Å²) < 4.78 is 6.71. The van der Waals surface area contributed by atoms with Gasteiger partial charge < -0.3 is 4.74 Å². The number of thiazole rings is 1. The summed E-state index contributed by atoms with van der Waals surface area (Å²) in [7, 11) is 0. The summed E-state index contributed by atoms with van der Waals surface area (Å²) in [4.78, 5) is 28.9. The number of fused-ring (bicyclic) bond motifs is 1. The molecule has 0 amide bonds. The predicted octanol–water partition coefficient (Wildman–Crippen LogP) is 3.66. The van der Waals surface area contributed by atoms with Crippen LogP contribution in [0.25, 0.3) is 4.96 Å². The van der Waals surface area contributed by atoms with Crippen LogP contribution in [-0.2, 0) is 22.6 Å². The smallest absolute Gasteiger partial charge is 0.310 e. The fraction of sp³-hybridized carbons (Fsp3) is 0.188. The Morgan fingerprint density at radius 1 is 1.33 bits per heavy atom. The summed E-state index contributed by atoms with van der Waals surface area (Å²) in [6.07, 6.45) is 0.0232. The fourth-order valence-corrected chi connectivity index (χ4v) is 3.57. The van der Waals surface area contributed by atoms with E-state index in [2.05, 4.69) is 4.98 Å². The van der Waals surface area contributed by atoms with Crippen molar-refractivity contribution in [1.82, 2.24) is 9.38 Å². The molecule has 8 heteroatoms. The molecule has 24 heavy (non-hydrogen) atoms. The van der Waals surface area contributed by atoms with Crippen molar-refractivity contribution < 1.29 is 9.53 Å². The van der Waals surface area contributed by atoms with Crippen molar-refractivity contribution in [2.75, 3.05) is 0 Å². The number of nitrogens with zero attached hydrogens (tertiary/aromatic N) is 2. The maximum Gasteiger partial charge on any atom is 0.310 e. The van der Waals surface area contributed by atoms with Crippen LogP contribution in [-0.4, -0.2) is 15.4 Å². The molecule has 0 bridgehead atoms. The quantitative estimate of drug-likeness (QED) is 0.646. The molecule has 0 fully saturated rings. The van der Waals surface area contributed by atoms with Crippen LogP contribution < -0.4 is 5.56 Å². The summed E-state index contributed by atoms with van der Waals surface area (Å²) in [6, 6.07) is 6.28. The van der Waals surface area contributed by atoms with Crippen molar-refractivity contribution in [3.8, 4) is 0 Å². The molecule has 0 saturated heterocycles. The van der Waals surface area contributed by atoms with Gasteiger partial charge in [-0.25, -0.2) is 4.98 Å². The zero-order chi connectivity index (χ0) is 17.3. The van der Waals surface area contributed by atoms with Gasteiger partial charge in [0.2, 0.25) is 0 Å². The Balaban J connectivity index is 1.69. The van der Waals surface area contributed by atoms with E-state index in [-0.39, 0.29) is 18.6 Å². The van der Waals surface area contributed by atoms with Crippen LogP contribution in [0, 0.1) is 6.92 Å². The number of carbonyl (C=O) groups excluding carboxylic acids is 1. The molecule has 0 aliphatic rings. The Hall–Kier alpha value is -1.89. The largest absolute Gasteiger partial charge is 0.459 e. The van der Waals surface area contributed by atoms with Crippen LogP contribution in [0.15, 0.2) is 34.4 Å². The van der Waals surface area contributed by atoms with Gasteiger partial charge in [0.05, 0.1) is 12.1 Å². The molecule has 3 aromatic rings. The second kappa shape index (κ2) is 6.93. The van der Waals surface area contributed by atoms with E-state index in [0.29, 0.717) is 26.3 Å². The topological polar surface area (TPSA) is 60.7 Å². The van der Waals surface area contributed by atoms with Gasteiger partial charge in [0, 0.05) is 27.2 Å². The van der Waals surface area contributed by atoms with Gasteiger partial charge in [-0.3, -0.25) is 14.0 Å². The van der Waals surface area contributed by atoms with Gasteiger partial charge in [-0.1, -0.05) is 29.3 Å². The first-order valence-corrected chi connectivity index (χ1v) is 8.64. The van der Waals surface area contributed by atoms with E-state index in [0.717, 1.165) is 5.69 Å². The lowest BCUT2D eigenvalue weighted by Gasteiger charge is -2.06. The molecule has 124 valence electrons. The van der Waals surface area contributed by atoms with Gasteiger partial charge in [0.25, 0.3) is 5.56 Å². The highest BCUT2D eigenvalue weighted by Crippen LogP contribution is 2.21. The number of carbonyl (C=O) groups is 1. The Morgan fingerprint density at radius 3 is 2.88 bits per heavy atom. The van der Waals surface area contributed by atoms with Gasteiger partial charge in [0.1, 0.15) is 6.61 Å². The molecule has 1 aromatic carbocycles. The lowest BCUT2D eigenvalue weighted by molar-refractivity contribution is -0.144. The standard InChI is InChI=1S/C16H12Cl2N2O3S/c1-9-8-24-16-19-12(6-14(21)20(9)16)7-23-15(22)4-10-2-3-11(17)5-13(10)18/h2-3,5-6,8H,4,7H2,1H3. The number of halogens is 2. The van der Waals surface area contributed by atoms with Crippen LogP contribution in [0.3, 0.4) is 0 Å². The molecule has 5 nitrogen and oxygen atoms in total. The van der Waals surface area contributed by atoms with Crippen molar-refractivity contribution in [2.24, 2.45) is 0 Å². The number of ether oxygens (including phenoxy) is 1. The fourth-order valence-electron chi connectivity index (χ4n) is 2.20. The second-order valence-corrected chi connectivity index (χ2v) is 6.83. The van der Waals surface area contributed by atoms with Crippen LogP contribution in [0.2, 0.25) is 10.0 Å². The molecule has 0 aliphatic heterocycles. The minimum atomic E-state index is -0.455. The third-order valence-corrected chi connectivity index (χ3v) is 4.89. The minimum absolute atomic E-state index is 0.0232. The van der Waals surface area contributed by atoms with Gasteiger partial charge in [0.15, 0.2) is 4.96 Å². The molecule has 0 atom stereocenters. The molecule has 0 radical (unpaired) electrons. The van der Waals surface area contributed by atoms with Crippen molar-refractivity contribution >= 4 is 45.5 Å². The highest BCUT2D eigenvalue weighted by atomic mass is 35.5. The first-order chi connectivity index (χ1) is 11.4. The zero-order valence-corrected chi connectivity index (χ0v) is 14.9. The van der Waals surface area contributed by atoms with Gasteiger partial charge >= 0.3 is 5.97 Å². The summed E-state index contributed by atoms with van der Waals surface area (Å²) in [5.41, 5.74) is 1.68. The Bertz CT molecular complexity index is 981. The highest BCUT2D eigenvalue weighted by molar-refractivity contribution is 7.15. The zero-order valence-electron chi connectivity index (χ0n) is 12.6. The van der Waals surface area contributed by atoms with Gasteiger partial charge in [-0.15, -0.1) is 11.3 Å². The van der Waals surface area contributed by atoms with Crippen molar-refractivity contribution in [3.63, 3.8) is 0 Å². The molecule has 2 aromatic heterocycles. The summed E-state index contributed by atoms with van der Waals surface area (Å²) in [5, 5.41) is 2.76. The SMILES string of the molecule is Cc1csc2nc(COC(=O)Cc3ccc(Cl)cc3Cl)cc(=O)n12. The molecule has 3 rings (SSSR count). The van der Waals surface area contributed by atoms with Crippen molar-refractivity contribution in [2.45, 2.75) is 20.0 Å². The van der Waals surface area contributed by atoms with E-state index in [9.17, 15) is 9.59 Å². The monoisotopic (exact) mass is 382 g/mol. The number of rotatable bonds is 4. The molecular formula is C16H12Cl2N2O3S. The van der Waals surface area contributed by atoms with E-state index in [4.69, 9.17) is 27.9 Å². The third kappa shape index (κ3) is 3.61. The van der Waals surface area contributed by atoms with Crippen molar-refractivity contribution in [3.05, 3.63) is 67.0 Å². The number of aryl methyl sites for hydroxylation is 1. The van der Waals surface area contributed by atoms with Crippen LogP contribution in [0.4, 0.5) is 0 Å². The summed E-state index contributed by atoms with van der Waals surface area (Å²) >= 11 is 13.2. The van der Waals surface area contributed by atoms with E-state index in [1.165, 1.54) is 21.8 Å².